The van der Waals surface area contributed by atoms with E-state index in [0.717, 1.165) is 0 Å². The average Bonchev–Trinajstić information content (AvgIpc) is 2.43. The van der Waals surface area contributed by atoms with Crippen LogP contribution in [0, 0.1) is 11.3 Å². The lowest BCUT2D eigenvalue weighted by Gasteiger charge is -2.13. The molecule has 0 bridgehead atoms. The number of nitrogens with two attached hydrogens (primary N) is 1. The Morgan fingerprint density at radius 2 is 2.24 bits per heavy atom. The van der Waals surface area contributed by atoms with E-state index in [1.165, 1.54) is 6.08 Å². The lowest BCUT2D eigenvalue weighted by atomic mass is 10.1. The molecule has 1 aromatic rings. The van der Waals surface area contributed by atoms with Crippen molar-refractivity contribution in [1.29, 1.82) is 5.26 Å². The average molecular weight is 306 g/mol. The maximum Gasteiger partial charge on any atom is 0.341 e. The fourth-order valence-electron chi connectivity index (χ4n) is 1.52. The fourth-order valence-corrected chi connectivity index (χ4v) is 1.62. The molecular formula is C14H14N2O4S. The number of rotatable bonds is 7. The second-order valence-corrected chi connectivity index (χ2v) is 4.26. The van der Waals surface area contributed by atoms with Crippen LogP contribution < -0.4 is 15.2 Å². The van der Waals surface area contributed by atoms with Gasteiger partial charge in [-0.15, -0.1) is 0 Å². The van der Waals surface area contributed by atoms with Gasteiger partial charge in [0.25, 0.3) is 0 Å². The topological polar surface area (TPSA) is 106 Å². The van der Waals surface area contributed by atoms with Gasteiger partial charge in [0.15, 0.2) is 18.1 Å². The molecule has 0 aromatic heterocycles. The molecule has 1 rings (SSSR count). The molecular weight excluding hydrogens is 292 g/mol. The summed E-state index contributed by atoms with van der Waals surface area (Å²) in [5.74, 6) is -0.510. The third-order valence-corrected chi connectivity index (χ3v) is 2.55. The molecule has 0 fully saturated rings. The quantitative estimate of drug-likeness (QED) is 0.449. The number of para-hydroxylation sites is 1. The minimum atomic E-state index is -1.12. The van der Waals surface area contributed by atoms with Gasteiger partial charge in [0.05, 0.1) is 12.2 Å². The van der Waals surface area contributed by atoms with Crippen LogP contribution in [0.1, 0.15) is 12.5 Å². The van der Waals surface area contributed by atoms with E-state index in [4.69, 9.17) is 37.8 Å². The molecule has 0 unspecified atom stereocenters. The van der Waals surface area contributed by atoms with Crippen LogP contribution in [-0.4, -0.2) is 29.3 Å². The number of benzene rings is 1. The highest BCUT2D eigenvalue weighted by atomic mass is 32.1. The van der Waals surface area contributed by atoms with Crippen LogP contribution in [0.3, 0.4) is 0 Å². The number of carboxylic acids is 1. The molecule has 0 heterocycles. The van der Waals surface area contributed by atoms with Crippen LogP contribution >= 0.6 is 12.2 Å². The predicted octanol–water partition coefficient (Wildman–Crippen LogP) is 1.74. The number of carbonyl (C=O) groups is 1. The number of aliphatic carboxylic acids is 1. The van der Waals surface area contributed by atoms with Gasteiger partial charge in [-0.2, -0.15) is 5.26 Å². The van der Waals surface area contributed by atoms with E-state index in [0.29, 0.717) is 17.9 Å². The van der Waals surface area contributed by atoms with Crippen molar-refractivity contribution in [2.45, 2.75) is 6.92 Å². The summed E-state index contributed by atoms with van der Waals surface area (Å²) in [6.07, 6.45) is 1.43. The molecule has 0 aliphatic rings. The lowest BCUT2D eigenvalue weighted by Crippen LogP contribution is -2.12. The molecule has 6 nitrogen and oxygen atoms in total. The summed E-state index contributed by atoms with van der Waals surface area (Å²) in [4.78, 5) is 10.6. The fraction of sp³-hybridized carbons (Fsp3) is 0.214. The Bertz CT molecular complexity index is 620. The van der Waals surface area contributed by atoms with E-state index in [1.807, 2.05) is 6.07 Å². The van der Waals surface area contributed by atoms with Crippen LogP contribution in [0.2, 0.25) is 0 Å². The lowest BCUT2D eigenvalue weighted by molar-refractivity contribution is -0.139. The van der Waals surface area contributed by atoms with Crippen molar-refractivity contribution in [2.24, 2.45) is 5.73 Å². The molecule has 0 saturated heterocycles. The second-order valence-electron chi connectivity index (χ2n) is 3.82. The summed E-state index contributed by atoms with van der Waals surface area (Å²) in [5, 5.41) is 17.7. The molecule has 110 valence electrons. The van der Waals surface area contributed by atoms with Gasteiger partial charge < -0.3 is 20.3 Å². The molecule has 1 aromatic carbocycles. The summed E-state index contributed by atoms with van der Waals surface area (Å²) in [6, 6.07) is 6.86. The van der Waals surface area contributed by atoms with Gasteiger partial charge in [0.2, 0.25) is 0 Å². The highest BCUT2D eigenvalue weighted by molar-refractivity contribution is 7.80. The Kier molecular flexibility index (Phi) is 6.17. The van der Waals surface area contributed by atoms with E-state index in [-0.39, 0.29) is 16.3 Å². The number of hydrogen-bond donors (Lipinski definition) is 2. The number of carboxylic acid groups (broad SMARTS) is 1. The van der Waals surface area contributed by atoms with Gasteiger partial charge in [-0.05, 0) is 19.1 Å². The predicted molar refractivity (Wildman–Crippen MR) is 81.1 cm³/mol. The zero-order valence-corrected chi connectivity index (χ0v) is 12.1. The van der Waals surface area contributed by atoms with Gasteiger partial charge in [0, 0.05) is 5.56 Å². The SMILES string of the molecule is CCOc1cccc(/C=C(/C#N)C(N)=S)c1OCC(=O)O. The van der Waals surface area contributed by atoms with Crippen molar-refractivity contribution >= 4 is 29.3 Å². The van der Waals surface area contributed by atoms with E-state index in [2.05, 4.69) is 0 Å². The second kappa shape index (κ2) is 7.87. The highest BCUT2D eigenvalue weighted by Crippen LogP contribution is 2.33. The van der Waals surface area contributed by atoms with E-state index in [1.54, 1.807) is 25.1 Å². The van der Waals surface area contributed by atoms with Crippen molar-refractivity contribution in [3.05, 3.63) is 29.3 Å². The summed E-state index contributed by atoms with van der Waals surface area (Å²) in [7, 11) is 0. The van der Waals surface area contributed by atoms with Crippen molar-refractivity contribution in [3.8, 4) is 17.6 Å². The van der Waals surface area contributed by atoms with Gasteiger partial charge in [-0.1, -0.05) is 24.4 Å². The minimum Gasteiger partial charge on any atom is -0.490 e. The van der Waals surface area contributed by atoms with Crippen LogP contribution in [-0.2, 0) is 4.79 Å². The van der Waals surface area contributed by atoms with Crippen molar-refractivity contribution in [2.75, 3.05) is 13.2 Å². The Hall–Kier alpha value is -2.59. The summed E-state index contributed by atoms with van der Waals surface area (Å²) in [5.41, 5.74) is 6.00. The molecule has 21 heavy (non-hydrogen) atoms. The maximum atomic E-state index is 10.7. The molecule has 0 aliphatic heterocycles. The first-order valence-electron chi connectivity index (χ1n) is 6.01. The standard InChI is InChI=1S/C14H14N2O4S/c1-2-19-11-5-3-4-9(6-10(7-15)14(16)21)13(11)20-8-12(17)18/h3-6H,2,8H2,1H3,(H2,16,21)(H,17,18)/b10-6-. The summed E-state index contributed by atoms with van der Waals surface area (Å²) < 4.78 is 10.6. The van der Waals surface area contributed by atoms with E-state index < -0.39 is 12.6 Å². The van der Waals surface area contributed by atoms with Crippen molar-refractivity contribution in [1.82, 2.24) is 0 Å². The Morgan fingerprint density at radius 1 is 1.52 bits per heavy atom. The van der Waals surface area contributed by atoms with E-state index >= 15 is 0 Å². The van der Waals surface area contributed by atoms with Gasteiger partial charge in [-0.25, -0.2) is 4.79 Å². The van der Waals surface area contributed by atoms with Crippen molar-refractivity contribution in [3.63, 3.8) is 0 Å². The van der Waals surface area contributed by atoms with Crippen LogP contribution in [0.15, 0.2) is 23.8 Å². The van der Waals surface area contributed by atoms with Crippen LogP contribution in [0.5, 0.6) is 11.5 Å². The Balaban J connectivity index is 3.29. The molecule has 0 atom stereocenters. The number of nitrogens with zero attached hydrogens (tertiary/aromatic N) is 1. The highest BCUT2D eigenvalue weighted by Gasteiger charge is 2.12. The first-order chi connectivity index (χ1) is 9.99. The zero-order chi connectivity index (χ0) is 15.8. The molecule has 0 saturated carbocycles. The van der Waals surface area contributed by atoms with Gasteiger partial charge in [0.1, 0.15) is 11.1 Å². The third kappa shape index (κ3) is 4.78. The zero-order valence-electron chi connectivity index (χ0n) is 11.3. The van der Waals surface area contributed by atoms with Crippen LogP contribution in [0.25, 0.3) is 6.08 Å². The molecule has 0 aliphatic carbocycles. The monoisotopic (exact) mass is 306 g/mol. The number of hydrogen-bond acceptors (Lipinski definition) is 5. The normalized spacial score (nSPS) is 10.6. The number of thiocarbonyl (C=S) groups is 1. The Labute approximate surface area is 127 Å². The number of ether oxygens (including phenoxy) is 2. The van der Waals surface area contributed by atoms with Crippen molar-refractivity contribution < 1.29 is 19.4 Å². The van der Waals surface area contributed by atoms with Crippen LogP contribution in [0.4, 0.5) is 0 Å². The molecule has 3 N–H and O–H groups in total. The summed E-state index contributed by atoms with van der Waals surface area (Å²) in [6.45, 7) is 1.65. The molecule has 7 heteroatoms. The summed E-state index contributed by atoms with van der Waals surface area (Å²) >= 11 is 4.77. The smallest absolute Gasteiger partial charge is 0.341 e. The number of nitriles is 1. The molecule has 0 radical (unpaired) electrons. The minimum absolute atomic E-state index is 0.0523. The van der Waals surface area contributed by atoms with E-state index in [9.17, 15) is 4.79 Å². The van der Waals surface area contributed by atoms with Gasteiger partial charge >= 0.3 is 5.97 Å². The van der Waals surface area contributed by atoms with Gasteiger partial charge in [-0.3, -0.25) is 0 Å². The maximum absolute atomic E-state index is 10.7. The largest absolute Gasteiger partial charge is 0.490 e. The first kappa shape index (κ1) is 16.5. The molecule has 0 spiro atoms. The first-order valence-corrected chi connectivity index (χ1v) is 6.42. The third-order valence-electron chi connectivity index (χ3n) is 2.33. The Morgan fingerprint density at radius 3 is 2.76 bits per heavy atom. The molecule has 0 amide bonds.